The van der Waals surface area contributed by atoms with Gasteiger partial charge in [-0.3, -0.25) is 14.6 Å². The highest BCUT2D eigenvalue weighted by atomic mass is 19.1. The highest BCUT2D eigenvalue weighted by Crippen LogP contribution is 2.28. The van der Waals surface area contributed by atoms with Crippen LogP contribution >= 0.6 is 0 Å². The average Bonchev–Trinajstić information content (AvgIpc) is 2.90. The molecule has 11 nitrogen and oxygen atoms in total. The molecule has 1 aromatic carbocycles. The van der Waals surface area contributed by atoms with Crippen molar-refractivity contribution < 1.29 is 28.9 Å². The minimum atomic E-state index is -1.87. The molecule has 1 fully saturated rings. The maximum Gasteiger partial charge on any atom is 0.317 e. The summed E-state index contributed by atoms with van der Waals surface area (Å²) >= 11 is 0. The molecule has 1 aliphatic heterocycles. The van der Waals surface area contributed by atoms with Gasteiger partial charge in [0.1, 0.15) is 11.4 Å². The summed E-state index contributed by atoms with van der Waals surface area (Å²) in [6.45, 7) is 3.32. The lowest BCUT2D eigenvalue weighted by molar-refractivity contribution is -0.0559. The van der Waals surface area contributed by atoms with Crippen LogP contribution < -0.4 is 16.6 Å². The zero-order valence-electron chi connectivity index (χ0n) is 20.9. The van der Waals surface area contributed by atoms with Gasteiger partial charge in [0.05, 0.1) is 24.2 Å². The number of nitrogens with zero attached hydrogens (tertiary/aromatic N) is 3. The Kier molecular flexibility index (Phi) is 8.35. The number of pyridine rings is 2. The number of primary amides is 1. The summed E-state index contributed by atoms with van der Waals surface area (Å²) in [5, 5.41) is 22.5. The molecular weight excluding hydrogens is 497 g/mol. The number of aliphatic hydroxyl groups is 2. The minimum absolute atomic E-state index is 0.00368. The lowest BCUT2D eigenvalue weighted by atomic mass is 9.93. The molecule has 0 saturated carbocycles. The van der Waals surface area contributed by atoms with Gasteiger partial charge in [0, 0.05) is 43.9 Å². The van der Waals surface area contributed by atoms with Gasteiger partial charge in [0.15, 0.2) is 6.29 Å². The third kappa shape index (κ3) is 5.82. The van der Waals surface area contributed by atoms with Crippen molar-refractivity contribution >= 4 is 23.0 Å². The lowest BCUT2D eigenvalue weighted by Crippen LogP contribution is -2.47. The van der Waals surface area contributed by atoms with E-state index in [9.17, 15) is 29.0 Å². The van der Waals surface area contributed by atoms with E-state index in [1.807, 2.05) is 0 Å². The number of rotatable bonds is 8. The first-order chi connectivity index (χ1) is 18.2. The SMILES string of the molecule is CC(c1c(C(N)=O)c(=O)n(CCNC(=O)N2CCOCC2)c2cc(Cc3ccc(F)cc3)cnc12)C(O)O. The van der Waals surface area contributed by atoms with Crippen molar-refractivity contribution in [3.05, 3.63) is 75.0 Å². The van der Waals surface area contributed by atoms with Gasteiger partial charge in [-0.2, -0.15) is 0 Å². The Hall–Kier alpha value is -3.87. The third-order valence-corrected chi connectivity index (χ3v) is 6.58. The van der Waals surface area contributed by atoms with E-state index < -0.39 is 29.2 Å². The Bertz CT molecular complexity index is 1390. The van der Waals surface area contributed by atoms with Gasteiger partial charge < -0.3 is 35.5 Å². The van der Waals surface area contributed by atoms with Crippen LogP contribution in [0.25, 0.3) is 11.0 Å². The molecule has 12 heteroatoms. The number of benzene rings is 1. The monoisotopic (exact) mass is 527 g/mol. The van der Waals surface area contributed by atoms with Crippen LogP contribution in [0.15, 0.2) is 41.3 Å². The van der Waals surface area contributed by atoms with Crippen LogP contribution in [0.4, 0.5) is 9.18 Å². The minimum Gasteiger partial charge on any atom is -0.378 e. The second-order valence-electron chi connectivity index (χ2n) is 9.16. The maximum atomic E-state index is 13.5. The highest BCUT2D eigenvalue weighted by Gasteiger charge is 2.28. The quantitative estimate of drug-likeness (QED) is 0.313. The van der Waals surface area contributed by atoms with E-state index in [1.165, 1.54) is 23.6 Å². The van der Waals surface area contributed by atoms with Crippen LogP contribution in [-0.2, 0) is 17.7 Å². The van der Waals surface area contributed by atoms with Crippen molar-refractivity contribution in [2.75, 3.05) is 32.8 Å². The van der Waals surface area contributed by atoms with E-state index in [1.54, 1.807) is 29.3 Å². The Labute approximate surface area is 217 Å². The molecule has 3 amide bonds. The molecule has 1 aliphatic rings. The van der Waals surface area contributed by atoms with E-state index in [0.717, 1.165) is 5.56 Å². The smallest absolute Gasteiger partial charge is 0.317 e. The van der Waals surface area contributed by atoms with E-state index in [-0.39, 0.29) is 36.0 Å². The zero-order chi connectivity index (χ0) is 27.4. The van der Waals surface area contributed by atoms with Crippen LogP contribution in [-0.4, -0.2) is 75.7 Å². The Balaban J connectivity index is 1.76. The molecule has 1 unspecified atom stereocenters. The molecule has 1 atom stereocenters. The fourth-order valence-corrected chi connectivity index (χ4v) is 4.53. The predicted octanol–water partition coefficient (Wildman–Crippen LogP) is 0.681. The first-order valence-electron chi connectivity index (χ1n) is 12.2. The summed E-state index contributed by atoms with van der Waals surface area (Å²) in [6, 6.07) is 7.38. The molecule has 1 saturated heterocycles. The molecule has 38 heavy (non-hydrogen) atoms. The number of carbonyl (C=O) groups excluding carboxylic acids is 2. The zero-order valence-corrected chi connectivity index (χ0v) is 20.9. The molecule has 3 aromatic rings. The number of morpholine rings is 1. The molecule has 0 spiro atoms. The molecule has 4 rings (SSSR count). The molecule has 3 heterocycles. The van der Waals surface area contributed by atoms with Crippen LogP contribution in [0.5, 0.6) is 0 Å². The van der Waals surface area contributed by atoms with Crippen molar-refractivity contribution in [2.45, 2.75) is 32.1 Å². The van der Waals surface area contributed by atoms with Crippen molar-refractivity contribution in [3.63, 3.8) is 0 Å². The number of urea groups is 1. The fraction of sp³-hybridized carbons (Fsp3) is 0.385. The van der Waals surface area contributed by atoms with Gasteiger partial charge in [-0.25, -0.2) is 9.18 Å². The number of aliphatic hydroxyl groups excluding tert-OH is 1. The topological polar surface area (TPSA) is 160 Å². The van der Waals surface area contributed by atoms with Gasteiger partial charge in [0.2, 0.25) is 0 Å². The van der Waals surface area contributed by atoms with Crippen LogP contribution in [0.3, 0.4) is 0 Å². The molecule has 0 aliphatic carbocycles. The molecule has 5 N–H and O–H groups in total. The predicted molar refractivity (Wildman–Crippen MR) is 136 cm³/mol. The first kappa shape index (κ1) is 27.2. The molecule has 0 bridgehead atoms. The van der Waals surface area contributed by atoms with Crippen LogP contribution in [0, 0.1) is 5.82 Å². The number of nitrogens with one attached hydrogen (secondary N) is 1. The molecular formula is C26H30FN5O6. The van der Waals surface area contributed by atoms with Crippen molar-refractivity contribution in [2.24, 2.45) is 5.73 Å². The summed E-state index contributed by atoms with van der Waals surface area (Å²) in [5.74, 6) is -2.43. The first-order valence-corrected chi connectivity index (χ1v) is 12.2. The summed E-state index contributed by atoms with van der Waals surface area (Å²) in [4.78, 5) is 44.5. The van der Waals surface area contributed by atoms with E-state index in [2.05, 4.69) is 10.3 Å². The van der Waals surface area contributed by atoms with Crippen LogP contribution in [0.2, 0.25) is 0 Å². The number of ether oxygens (including phenoxy) is 1. The van der Waals surface area contributed by atoms with Crippen molar-refractivity contribution in [3.8, 4) is 0 Å². The Morgan fingerprint density at radius 1 is 1.18 bits per heavy atom. The standard InChI is InChI=1S/C26H30FN5O6/c1-15(25(35)36)20-21(23(28)33)24(34)32(7-6-29-26(37)31-8-10-38-11-9-31)19-13-17(14-30-22(19)20)12-16-2-4-18(27)5-3-16/h2-5,13-15,25,35-36H,6-12H2,1H3,(H2,28,33)(H,29,37). The largest absolute Gasteiger partial charge is 0.378 e. The number of amides is 3. The van der Waals surface area contributed by atoms with Gasteiger partial charge in [-0.05, 0) is 35.7 Å². The molecule has 0 radical (unpaired) electrons. The number of hydrogen-bond donors (Lipinski definition) is 4. The Morgan fingerprint density at radius 2 is 1.87 bits per heavy atom. The van der Waals surface area contributed by atoms with Crippen LogP contribution in [0.1, 0.15) is 39.9 Å². The summed E-state index contributed by atoms with van der Waals surface area (Å²) in [5.41, 5.74) is 6.54. The molecule has 2 aromatic heterocycles. The number of carbonyl (C=O) groups is 2. The lowest BCUT2D eigenvalue weighted by Gasteiger charge is -2.27. The fourth-order valence-electron chi connectivity index (χ4n) is 4.53. The second kappa shape index (κ2) is 11.7. The number of aromatic nitrogens is 2. The summed E-state index contributed by atoms with van der Waals surface area (Å²) in [6.07, 6.45) is 0.0573. The van der Waals surface area contributed by atoms with Gasteiger partial charge in [-0.15, -0.1) is 0 Å². The molecule has 202 valence electrons. The number of hydrogen-bond acceptors (Lipinski definition) is 7. The van der Waals surface area contributed by atoms with E-state index >= 15 is 0 Å². The second-order valence-corrected chi connectivity index (χ2v) is 9.16. The highest BCUT2D eigenvalue weighted by molar-refractivity contribution is 5.98. The van der Waals surface area contributed by atoms with Gasteiger partial charge >= 0.3 is 6.03 Å². The number of halogens is 1. The number of fused-ring (bicyclic) bond motifs is 1. The van der Waals surface area contributed by atoms with E-state index in [0.29, 0.717) is 43.8 Å². The number of nitrogens with two attached hydrogens (primary N) is 1. The van der Waals surface area contributed by atoms with Gasteiger partial charge in [0.25, 0.3) is 11.5 Å². The Morgan fingerprint density at radius 3 is 2.50 bits per heavy atom. The average molecular weight is 528 g/mol. The van der Waals surface area contributed by atoms with Crippen molar-refractivity contribution in [1.82, 2.24) is 19.8 Å². The summed E-state index contributed by atoms with van der Waals surface area (Å²) in [7, 11) is 0. The maximum absolute atomic E-state index is 13.5. The third-order valence-electron chi connectivity index (χ3n) is 6.58. The summed E-state index contributed by atoms with van der Waals surface area (Å²) < 4.78 is 19.9. The van der Waals surface area contributed by atoms with E-state index in [4.69, 9.17) is 10.5 Å². The van der Waals surface area contributed by atoms with Crippen molar-refractivity contribution in [1.29, 1.82) is 0 Å². The normalized spacial score (nSPS) is 14.6. The van der Waals surface area contributed by atoms with Gasteiger partial charge in [-0.1, -0.05) is 19.1 Å².